The maximum Gasteiger partial charge on any atom is 0.323 e. The van der Waals surface area contributed by atoms with Crippen LogP contribution in [0.5, 0.6) is 5.75 Å². The fourth-order valence-corrected chi connectivity index (χ4v) is 9.65. The summed E-state index contributed by atoms with van der Waals surface area (Å²) in [5.41, 5.74) is 2.34. The molecule has 0 bridgehead atoms. The van der Waals surface area contributed by atoms with E-state index >= 15 is 4.39 Å². The van der Waals surface area contributed by atoms with Gasteiger partial charge in [-0.3, -0.25) is 76.7 Å². The topological polar surface area (TPSA) is 374 Å². The number of carboxylic acids is 1. The number of imide groups is 1. The molecule has 0 spiro atoms. The lowest BCUT2D eigenvalue weighted by Crippen LogP contribution is -2.50. The van der Waals surface area contributed by atoms with Gasteiger partial charge in [-0.2, -0.15) is 11.3 Å². The van der Waals surface area contributed by atoms with E-state index < -0.39 is 184 Å². The zero-order chi connectivity index (χ0) is 73.4. The number of thiophene rings is 1. The number of anilines is 2. The van der Waals surface area contributed by atoms with Crippen molar-refractivity contribution in [2.45, 2.75) is 58.0 Å². The molecule has 0 saturated heterocycles. The van der Waals surface area contributed by atoms with Crippen molar-refractivity contribution in [3.63, 3.8) is 0 Å². The van der Waals surface area contributed by atoms with E-state index in [4.69, 9.17) is 9.84 Å². The first-order valence-corrected chi connectivity index (χ1v) is 31.5. The maximum absolute atomic E-state index is 15.7. The summed E-state index contributed by atoms with van der Waals surface area (Å²) in [6, 6.07) is 9.33. The van der Waals surface area contributed by atoms with Crippen LogP contribution in [0, 0.1) is 5.82 Å². The Balaban J connectivity index is 1.19. The first-order chi connectivity index (χ1) is 46.0. The number of carbonyl (C=O) groups is 16. The molecule has 3 aromatic rings. The van der Waals surface area contributed by atoms with E-state index in [1.807, 2.05) is 35.0 Å². The van der Waals surface area contributed by atoms with E-state index in [2.05, 4.69) is 16.0 Å². The zero-order valence-electron chi connectivity index (χ0n) is 56.9. The van der Waals surface area contributed by atoms with E-state index in [-0.39, 0.29) is 43.6 Å². The first-order valence-electron chi connectivity index (χ1n) is 30.6. The van der Waals surface area contributed by atoms with E-state index in [0.29, 0.717) is 17.0 Å². The smallest absolute Gasteiger partial charge is 0.323 e. The second-order valence-electron chi connectivity index (χ2n) is 23.6. The molecule has 2 heterocycles. The van der Waals surface area contributed by atoms with Crippen LogP contribution >= 0.6 is 11.3 Å². The molecule has 34 heteroatoms. The van der Waals surface area contributed by atoms with Crippen molar-refractivity contribution in [2.24, 2.45) is 0 Å². The average molecular weight is 1390 g/mol. The van der Waals surface area contributed by atoms with E-state index in [9.17, 15) is 76.7 Å². The molecule has 4 rings (SSSR count). The van der Waals surface area contributed by atoms with Crippen molar-refractivity contribution >= 4 is 117 Å². The number of halogens is 1. The fraction of sp³-hybridized carbons (Fsp3) is 0.469. The molecule has 32 nitrogen and oxygen atoms in total. The molecule has 15 amide bonds. The molecule has 2 atom stereocenters. The van der Waals surface area contributed by atoms with E-state index in [0.717, 1.165) is 84.4 Å². The number of aryl methyl sites for hydroxylation is 1. The van der Waals surface area contributed by atoms with Crippen LogP contribution in [0.25, 0.3) is 0 Å². The highest BCUT2D eigenvalue weighted by Crippen LogP contribution is 2.32. The number of nitrogens with one attached hydrogen (secondary N) is 3. The van der Waals surface area contributed by atoms with Crippen LogP contribution < -0.4 is 25.6 Å². The standard InChI is InChI=1S/C64H85FN14O18S/c1-40(63(95)67-41(2)64(96)68-45-16-13-15-42(26-45)25-43-22-24-98-39-43)66-49(80)19-18-44-27-46(65)47(79-51(82)20-21-52(79)83)28-48(44)97-23-14-17-50(81)69(3)29-53(84)70(4)30-54(85)71(5)31-55(86)72(6)32-56(87)73(7)33-57(88)74(8)34-58(89)75(9)35-59(90)76(10)36-60(91)77(11)37-61(92)78(12)38-62(93)94/h13,15-16,20-22,24,26-28,39-41H,14,17-19,23,25,29-38H2,1-12H3,(H,66,80)(H,67,95)(H,68,96)(H,93,94)/t40-,41-/m0/s1. The molecule has 1 aliphatic rings. The molecule has 0 unspecified atom stereocenters. The number of hydrogen-bond acceptors (Lipinski definition) is 18. The second kappa shape index (κ2) is 37.6. The number of likely N-dealkylation sites (N-methyl/N-ethyl adjacent to an activating group) is 10. The Kier molecular flexibility index (Phi) is 30.6. The van der Waals surface area contributed by atoms with Crippen molar-refractivity contribution in [3.8, 4) is 5.75 Å². The van der Waals surface area contributed by atoms with Gasteiger partial charge in [0.2, 0.25) is 76.8 Å². The van der Waals surface area contributed by atoms with E-state index in [1.54, 1.807) is 17.4 Å². The maximum atomic E-state index is 15.7. The van der Waals surface area contributed by atoms with Crippen molar-refractivity contribution in [2.75, 3.05) is 153 Å². The van der Waals surface area contributed by atoms with Gasteiger partial charge in [0, 0.05) is 107 Å². The number of aliphatic carboxylic acids is 1. The second-order valence-corrected chi connectivity index (χ2v) is 24.4. The highest BCUT2D eigenvalue weighted by atomic mass is 32.1. The molecule has 532 valence electrons. The van der Waals surface area contributed by atoms with Gasteiger partial charge >= 0.3 is 5.97 Å². The molecule has 0 fully saturated rings. The van der Waals surface area contributed by atoms with Crippen LogP contribution in [0.3, 0.4) is 0 Å². The Morgan fingerprint density at radius 2 is 0.918 bits per heavy atom. The van der Waals surface area contributed by atoms with Crippen LogP contribution in [0.15, 0.2) is 65.4 Å². The molecular weight excluding hydrogens is 1300 g/mol. The molecule has 1 aliphatic heterocycles. The van der Waals surface area contributed by atoms with Crippen LogP contribution in [0.4, 0.5) is 15.8 Å². The van der Waals surface area contributed by atoms with Gasteiger partial charge in [0.05, 0.1) is 71.2 Å². The summed E-state index contributed by atoms with van der Waals surface area (Å²) in [4.78, 5) is 216. The number of nitrogens with zero attached hydrogens (tertiary/aromatic N) is 11. The van der Waals surface area contributed by atoms with Gasteiger partial charge in [0.25, 0.3) is 11.8 Å². The third-order valence-corrected chi connectivity index (χ3v) is 16.0. The first kappa shape index (κ1) is 79.8. The summed E-state index contributed by atoms with van der Waals surface area (Å²) in [5, 5.41) is 20.8. The third kappa shape index (κ3) is 25.2. The van der Waals surface area contributed by atoms with Crippen LogP contribution in [0.2, 0.25) is 0 Å². The van der Waals surface area contributed by atoms with E-state index in [1.165, 1.54) is 84.3 Å². The predicted molar refractivity (Wildman–Crippen MR) is 352 cm³/mol. The van der Waals surface area contributed by atoms with Gasteiger partial charge in [0.15, 0.2) is 0 Å². The predicted octanol–water partition coefficient (Wildman–Crippen LogP) is -1.68. The van der Waals surface area contributed by atoms with Gasteiger partial charge < -0.3 is 74.8 Å². The minimum absolute atomic E-state index is 0.0300. The van der Waals surface area contributed by atoms with Gasteiger partial charge in [-0.15, -0.1) is 0 Å². The monoisotopic (exact) mass is 1390 g/mol. The molecular formula is C64H85FN14O18S. The highest BCUT2D eigenvalue weighted by Gasteiger charge is 2.31. The Labute approximate surface area is 570 Å². The average Bonchev–Trinajstić information content (AvgIpc) is 1.77. The highest BCUT2D eigenvalue weighted by molar-refractivity contribution is 7.08. The Morgan fingerprint density at radius 1 is 0.510 bits per heavy atom. The van der Waals surface area contributed by atoms with Crippen molar-refractivity contribution in [3.05, 3.63) is 87.9 Å². The molecule has 1 aromatic heterocycles. The fourth-order valence-electron chi connectivity index (χ4n) is 8.99. The van der Waals surface area contributed by atoms with Crippen LogP contribution in [-0.4, -0.2) is 303 Å². The molecule has 0 aliphatic carbocycles. The number of carbonyl (C=O) groups excluding carboxylic acids is 15. The zero-order valence-corrected chi connectivity index (χ0v) is 57.7. The summed E-state index contributed by atoms with van der Waals surface area (Å²) < 4.78 is 21.6. The third-order valence-electron chi connectivity index (χ3n) is 15.3. The Bertz CT molecular complexity index is 3520. The summed E-state index contributed by atoms with van der Waals surface area (Å²) in [5.74, 6) is -12.2. The van der Waals surface area contributed by atoms with Crippen molar-refractivity contribution < 1.29 is 90.9 Å². The van der Waals surface area contributed by atoms with Crippen LogP contribution in [-0.2, 0) is 89.6 Å². The van der Waals surface area contributed by atoms with Gasteiger partial charge in [-0.05, 0) is 84.8 Å². The van der Waals surface area contributed by atoms with Gasteiger partial charge in [-0.25, -0.2) is 9.29 Å². The summed E-state index contributed by atoms with van der Waals surface area (Å²) in [7, 11) is 13.0. The quantitative estimate of drug-likeness (QED) is 0.0373. The summed E-state index contributed by atoms with van der Waals surface area (Å²) in [6.07, 6.45) is 1.99. The van der Waals surface area contributed by atoms with Crippen LogP contribution in [0.1, 0.15) is 49.8 Å². The molecule has 98 heavy (non-hydrogen) atoms. The van der Waals surface area contributed by atoms with Gasteiger partial charge in [-0.1, -0.05) is 12.1 Å². The SMILES string of the molecule is C[C@H](NC(=O)CCc1cc(F)c(N2C(=O)C=CC2=O)cc1OCCCC(=O)N(C)CC(=O)N(C)CC(=O)N(C)CC(=O)N(C)CC(=O)N(C)CC(=O)N(C)CC(=O)N(C)CC(=O)N(C)CC(=O)N(C)CC(=O)N(C)CC(=O)O)C(=O)N[C@@H](C)C(=O)Nc1cccc(Cc2ccsc2)c1. The lowest BCUT2D eigenvalue weighted by atomic mass is 10.1. The lowest BCUT2D eigenvalue weighted by Gasteiger charge is -2.27. The number of hydrogen-bond donors (Lipinski definition) is 4. The largest absolute Gasteiger partial charge is 0.493 e. The minimum Gasteiger partial charge on any atom is -0.493 e. The number of benzene rings is 2. The number of carboxylic acid groups (broad SMARTS) is 1. The Morgan fingerprint density at radius 3 is 1.33 bits per heavy atom. The molecule has 0 radical (unpaired) electrons. The van der Waals surface area contributed by atoms with Gasteiger partial charge in [0.1, 0.15) is 30.2 Å². The van der Waals surface area contributed by atoms with Crippen molar-refractivity contribution in [1.82, 2.24) is 59.6 Å². The minimum atomic E-state index is -1.24. The molecule has 0 saturated carbocycles. The molecule has 4 N–H and O–H groups in total. The van der Waals surface area contributed by atoms with Crippen molar-refractivity contribution in [1.29, 1.82) is 0 Å². The molecule has 2 aromatic carbocycles. The number of rotatable bonds is 36. The lowest BCUT2D eigenvalue weighted by molar-refractivity contribution is -0.147. The number of amides is 15. The normalized spacial score (nSPS) is 12.1. The Hall–Kier alpha value is -10.7. The summed E-state index contributed by atoms with van der Waals surface area (Å²) >= 11 is 1.58. The summed E-state index contributed by atoms with van der Waals surface area (Å²) in [6.45, 7) is -2.30. The number of ether oxygens (including phenoxy) is 1.